The van der Waals surface area contributed by atoms with Crippen LogP contribution in [-0.2, 0) is 16.0 Å². The summed E-state index contributed by atoms with van der Waals surface area (Å²) in [5.41, 5.74) is 1.03. The fourth-order valence-electron chi connectivity index (χ4n) is 1.43. The van der Waals surface area contributed by atoms with Crippen molar-refractivity contribution in [3.63, 3.8) is 0 Å². The largest absolute Gasteiger partial charge is 0.462 e. The summed E-state index contributed by atoms with van der Waals surface area (Å²) in [7, 11) is 0. The Balaban J connectivity index is 3.08. The second-order valence-electron chi connectivity index (χ2n) is 3.38. The van der Waals surface area contributed by atoms with E-state index >= 15 is 0 Å². The number of carbonyl (C=O) groups excluding carboxylic acids is 2. The van der Waals surface area contributed by atoms with Crippen LogP contribution in [0.1, 0.15) is 22.8 Å². The van der Waals surface area contributed by atoms with Gasteiger partial charge in [0.25, 0.3) is 0 Å². The lowest BCUT2D eigenvalue weighted by Crippen LogP contribution is -2.13. The molecule has 0 heterocycles. The molecule has 1 aromatic rings. The maximum atomic E-state index is 11.8. The van der Waals surface area contributed by atoms with Gasteiger partial charge in [-0.2, -0.15) is 0 Å². The van der Waals surface area contributed by atoms with E-state index in [0.29, 0.717) is 22.6 Å². The number of ketones is 1. The van der Waals surface area contributed by atoms with Gasteiger partial charge in [0.2, 0.25) is 0 Å². The quantitative estimate of drug-likeness (QED) is 0.516. The van der Waals surface area contributed by atoms with Gasteiger partial charge in [-0.15, -0.1) is 12.6 Å². The zero-order chi connectivity index (χ0) is 12.8. The van der Waals surface area contributed by atoms with Crippen molar-refractivity contribution >= 4 is 40.3 Å². The van der Waals surface area contributed by atoms with Crippen molar-refractivity contribution in [2.75, 3.05) is 11.9 Å². The summed E-state index contributed by atoms with van der Waals surface area (Å²) in [5, 5.41) is 0.270. The second kappa shape index (κ2) is 6.81. The van der Waals surface area contributed by atoms with Gasteiger partial charge in [-0.1, -0.05) is 28.1 Å². The molecule has 0 aliphatic heterocycles. The standard InChI is InChI=1S/C12H13BrO3S/c1-2-16-12(15)11-8(6-9(14)7-13)4-3-5-10(11)17/h3-5,17H,2,6-7H2,1H3. The summed E-state index contributed by atoms with van der Waals surface area (Å²) in [6, 6.07) is 5.21. The molecule has 0 saturated heterocycles. The van der Waals surface area contributed by atoms with E-state index in [2.05, 4.69) is 28.6 Å². The molecule has 0 aliphatic carbocycles. The number of carbonyl (C=O) groups is 2. The zero-order valence-corrected chi connectivity index (χ0v) is 11.9. The van der Waals surface area contributed by atoms with Crippen LogP contribution in [0.4, 0.5) is 0 Å². The van der Waals surface area contributed by atoms with Crippen molar-refractivity contribution < 1.29 is 14.3 Å². The summed E-state index contributed by atoms with van der Waals surface area (Å²) in [6.45, 7) is 2.04. The molecule has 0 amide bonds. The minimum atomic E-state index is -0.435. The van der Waals surface area contributed by atoms with Gasteiger partial charge in [-0.05, 0) is 18.6 Å². The molecule has 1 rings (SSSR count). The number of esters is 1. The molecule has 0 aliphatic rings. The van der Waals surface area contributed by atoms with Gasteiger partial charge in [-0.3, -0.25) is 4.79 Å². The molecule has 3 nitrogen and oxygen atoms in total. The van der Waals surface area contributed by atoms with E-state index in [1.807, 2.05) is 0 Å². The molecule has 0 radical (unpaired) electrons. The highest BCUT2D eigenvalue weighted by Crippen LogP contribution is 2.20. The molecular formula is C12H13BrO3S. The third kappa shape index (κ3) is 3.85. The first kappa shape index (κ1) is 14.3. The Hall–Kier alpha value is -0.810. The number of rotatable bonds is 5. The summed E-state index contributed by atoms with van der Waals surface area (Å²) < 4.78 is 4.95. The minimum absolute atomic E-state index is 0.00878. The molecule has 1 aromatic carbocycles. The van der Waals surface area contributed by atoms with Crippen molar-refractivity contribution in [2.45, 2.75) is 18.2 Å². The molecule has 0 bridgehead atoms. The first-order chi connectivity index (χ1) is 8.10. The van der Waals surface area contributed by atoms with Crippen LogP contribution in [0, 0.1) is 0 Å². The van der Waals surface area contributed by atoms with Gasteiger partial charge in [0, 0.05) is 11.3 Å². The smallest absolute Gasteiger partial charge is 0.339 e. The number of ether oxygens (including phenoxy) is 1. The summed E-state index contributed by atoms with van der Waals surface area (Å²) >= 11 is 7.33. The number of Topliss-reactive ketones (excluding diaryl/α,β-unsaturated/α-hetero) is 1. The maximum Gasteiger partial charge on any atom is 0.339 e. The van der Waals surface area contributed by atoms with Gasteiger partial charge in [0.1, 0.15) is 5.78 Å². The Kier molecular flexibility index (Phi) is 5.71. The number of hydrogen-bond acceptors (Lipinski definition) is 4. The van der Waals surface area contributed by atoms with Crippen molar-refractivity contribution in [3.05, 3.63) is 29.3 Å². The molecular weight excluding hydrogens is 304 g/mol. The van der Waals surface area contributed by atoms with Crippen LogP contribution in [-0.4, -0.2) is 23.7 Å². The highest BCUT2D eigenvalue weighted by molar-refractivity contribution is 9.09. The van der Waals surface area contributed by atoms with Crippen LogP contribution in [0.25, 0.3) is 0 Å². The summed E-state index contributed by atoms with van der Waals surface area (Å²) in [5.74, 6) is -0.426. The topological polar surface area (TPSA) is 43.4 Å². The molecule has 5 heteroatoms. The fourth-order valence-corrected chi connectivity index (χ4v) is 1.95. The van der Waals surface area contributed by atoms with E-state index in [1.165, 1.54) is 0 Å². The van der Waals surface area contributed by atoms with E-state index in [0.717, 1.165) is 0 Å². The molecule has 92 valence electrons. The van der Waals surface area contributed by atoms with Crippen molar-refractivity contribution in [1.82, 2.24) is 0 Å². The first-order valence-corrected chi connectivity index (χ1v) is 6.72. The van der Waals surface area contributed by atoms with Gasteiger partial charge >= 0.3 is 5.97 Å². The summed E-state index contributed by atoms with van der Waals surface area (Å²) in [4.78, 5) is 23.7. The fraction of sp³-hybridized carbons (Fsp3) is 0.333. The third-order valence-electron chi connectivity index (χ3n) is 2.14. The van der Waals surface area contributed by atoms with E-state index in [1.54, 1.807) is 25.1 Å². The Morgan fingerprint density at radius 1 is 1.41 bits per heavy atom. The lowest BCUT2D eigenvalue weighted by molar-refractivity contribution is -0.115. The van der Waals surface area contributed by atoms with Crippen molar-refractivity contribution in [3.8, 4) is 0 Å². The van der Waals surface area contributed by atoms with Crippen molar-refractivity contribution in [1.29, 1.82) is 0 Å². The van der Waals surface area contributed by atoms with Crippen LogP contribution >= 0.6 is 28.6 Å². The van der Waals surface area contributed by atoms with Gasteiger partial charge in [0.15, 0.2) is 0 Å². The highest BCUT2D eigenvalue weighted by Gasteiger charge is 2.17. The number of alkyl halides is 1. The SMILES string of the molecule is CCOC(=O)c1c(S)cccc1CC(=O)CBr. The molecule has 0 spiro atoms. The van der Waals surface area contributed by atoms with Crippen LogP contribution in [0.2, 0.25) is 0 Å². The second-order valence-corrected chi connectivity index (χ2v) is 4.42. The summed E-state index contributed by atoms with van der Waals surface area (Å²) in [6.07, 6.45) is 0.202. The monoisotopic (exact) mass is 316 g/mol. The Labute approximate surface area is 114 Å². The highest BCUT2D eigenvalue weighted by atomic mass is 79.9. The molecule has 0 fully saturated rings. The average molecular weight is 317 g/mol. The molecule has 0 aromatic heterocycles. The van der Waals surface area contributed by atoms with Gasteiger partial charge in [0.05, 0.1) is 17.5 Å². The van der Waals surface area contributed by atoms with E-state index < -0.39 is 5.97 Å². The molecule has 17 heavy (non-hydrogen) atoms. The van der Waals surface area contributed by atoms with E-state index in [-0.39, 0.29) is 17.5 Å². The lowest BCUT2D eigenvalue weighted by Gasteiger charge is -2.10. The Morgan fingerprint density at radius 2 is 2.12 bits per heavy atom. The zero-order valence-electron chi connectivity index (χ0n) is 9.40. The number of benzene rings is 1. The van der Waals surface area contributed by atoms with E-state index in [4.69, 9.17) is 4.74 Å². The van der Waals surface area contributed by atoms with Crippen LogP contribution in [0.15, 0.2) is 23.1 Å². The lowest BCUT2D eigenvalue weighted by atomic mass is 10.0. The molecule has 0 N–H and O–H groups in total. The number of hydrogen-bond donors (Lipinski definition) is 1. The predicted molar refractivity (Wildman–Crippen MR) is 72.2 cm³/mol. The normalized spacial score (nSPS) is 10.1. The first-order valence-electron chi connectivity index (χ1n) is 5.15. The van der Waals surface area contributed by atoms with Crippen LogP contribution in [0.5, 0.6) is 0 Å². The van der Waals surface area contributed by atoms with Crippen LogP contribution < -0.4 is 0 Å². The number of halogens is 1. The molecule has 0 saturated carbocycles. The van der Waals surface area contributed by atoms with Gasteiger partial charge in [-0.25, -0.2) is 4.79 Å². The number of thiol groups is 1. The maximum absolute atomic E-state index is 11.8. The van der Waals surface area contributed by atoms with Gasteiger partial charge < -0.3 is 4.74 Å². The third-order valence-corrected chi connectivity index (χ3v) is 3.14. The van der Waals surface area contributed by atoms with Crippen LogP contribution in [0.3, 0.4) is 0 Å². The Bertz CT molecular complexity index is 432. The van der Waals surface area contributed by atoms with E-state index in [9.17, 15) is 9.59 Å². The predicted octanol–water partition coefficient (Wildman–Crippen LogP) is 2.66. The minimum Gasteiger partial charge on any atom is -0.462 e. The van der Waals surface area contributed by atoms with Crippen molar-refractivity contribution in [2.24, 2.45) is 0 Å². The molecule has 0 atom stereocenters. The average Bonchev–Trinajstić information content (AvgIpc) is 2.29. The molecule has 0 unspecified atom stereocenters. The Morgan fingerprint density at radius 3 is 2.71 bits per heavy atom.